The lowest BCUT2D eigenvalue weighted by Gasteiger charge is -2.42. The van der Waals surface area contributed by atoms with Crippen molar-refractivity contribution in [1.82, 2.24) is 0 Å². The van der Waals surface area contributed by atoms with E-state index in [1.807, 2.05) is 25.6 Å². The Kier molecular flexibility index (Phi) is 7.44. The predicted octanol–water partition coefficient (Wildman–Crippen LogP) is 5.33. The van der Waals surface area contributed by atoms with E-state index < -0.39 is 17.8 Å². The van der Waals surface area contributed by atoms with Crippen LogP contribution in [0.3, 0.4) is 0 Å². The van der Waals surface area contributed by atoms with Gasteiger partial charge in [0.2, 0.25) is 0 Å². The van der Waals surface area contributed by atoms with Gasteiger partial charge in [0.25, 0.3) is 0 Å². The van der Waals surface area contributed by atoms with Crippen LogP contribution in [0, 0.1) is 11.3 Å². The first-order chi connectivity index (χ1) is 14.0. The molecular weight excluding hydrogens is 392 g/mol. The van der Waals surface area contributed by atoms with Crippen molar-refractivity contribution in [2.45, 2.75) is 95.7 Å². The lowest BCUT2D eigenvalue weighted by atomic mass is 9.64. The quantitative estimate of drug-likeness (QED) is 0.497. The van der Waals surface area contributed by atoms with Crippen LogP contribution in [0.5, 0.6) is 0 Å². The second kappa shape index (κ2) is 9.36. The maximum absolute atomic E-state index is 10.1. The Bertz CT molecular complexity index is 742. The second-order valence-corrected chi connectivity index (χ2v) is 11.8. The van der Waals surface area contributed by atoms with E-state index in [2.05, 4.69) is 38.7 Å². The number of hydrogen-bond donors (Lipinski definition) is 3. The zero-order valence-electron chi connectivity index (χ0n) is 19.2. The van der Waals surface area contributed by atoms with Crippen molar-refractivity contribution < 1.29 is 15.3 Å². The fourth-order valence-electron chi connectivity index (χ4n) is 5.52. The van der Waals surface area contributed by atoms with E-state index in [4.69, 9.17) is 0 Å². The van der Waals surface area contributed by atoms with Crippen LogP contribution in [0.2, 0.25) is 0 Å². The maximum atomic E-state index is 10.1. The third-order valence-electron chi connectivity index (χ3n) is 7.40. The van der Waals surface area contributed by atoms with Gasteiger partial charge in [-0.3, -0.25) is 0 Å². The average molecular weight is 433 g/mol. The molecule has 5 atom stereocenters. The highest BCUT2D eigenvalue weighted by Gasteiger charge is 2.46. The molecule has 3 nitrogen and oxygen atoms in total. The standard InChI is InChI=1S/C26H40O3S/c1-17-20(15-21(27)16-24(17)28)9-8-19-7-6-12-26(5)22(10-11-23(19)26)18(2)30-14-13-25(3,4)29/h8-10,18,21,23-24,27-29H,1,6-7,11-16H2,2-5H3/t18?,21?,23-,24?,26+/m0/s1. The summed E-state index contributed by atoms with van der Waals surface area (Å²) in [4.78, 5) is 0. The summed E-state index contributed by atoms with van der Waals surface area (Å²) in [5.41, 5.74) is 4.45. The minimum absolute atomic E-state index is 0.215. The number of allylic oxidation sites excluding steroid dienone is 4. The molecule has 0 bridgehead atoms. The first-order valence-corrected chi connectivity index (χ1v) is 12.6. The molecule has 4 heteroatoms. The van der Waals surface area contributed by atoms with Crippen molar-refractivity contribution in [2.24, 2.45) is 11.3 Å². The lowest BCUT2D eigenvalue weighted by molar-refractivity contribution is 0.0777. The average Bonchev–Trinajstić information content (AvgIpc) is 3.00. The number of aliphatic hydroxyl groups excluding tert-OH is 2. The van der Waals surface area contributed by atoms with Gasteiger partial charge in [0.05, 0.1) is 17.8 Å². The summed E-state index contributed by atoms with van der Waals surface area (Å²) in [6.07, 6.45) is 12.2. The van der Waals surface area contributed by atoms with Gasteiger partial charge in [0.15, 0.2) is 0 Å². The van der Waals surface area contributed by atoms with E-state index in [0.717, 1.165) is 36.2 Å². The van der Waals surface area contributed by atoms with E-state index in [-0.39, 0.29) is 5.41 Å². The molecule has 0 aromatic carbocycles. The largest absolute Gasteiger partial charge is 0.393 e. The molecule has 3 N–H and O–H groups in total. The topological polar surface area (TPSA) is 60.7 Å². The number of fused-ring (bicyclic) bond motifs is 1. The Balaban J connectivity index is 1.71. The van der Waals surface area contributed by atoms with E-state index in [0.29, 0.717) is 24.0 Å². The van der Waals surface area contributed by atoms with Gasteiger partial charge in [-0.25, -0.2) is 0 Å². The van der Waals surface area contributed by atoms with Crippen LogP contribution in [0.15, 0.2) is 47.1 Å². The van der Waals surface area contributed by atoms with Crippen molar-refractivity contribution in [3.05, 3.63) is 47.1 Å². The summed E-state index contributed by atoms with van der Waals surface area (Å²) < 4.78 is 0. The Morgan fingerprint density at radius 1 is 1.33 bits per heavy atom. The number of aliphatic hydroxyl groups is 3. The number of thioether (sulfide) groups is 1. The number of hydrogen-bond acceptors (Lipinski definition) is 4. The van der Waals surface area contributed by atoms with Gasteiger partial charge in [-0.2, -0.15) is 11.8 Å². The Morgan fingerprint density at radius 3 is 2.77 bits per heavy atom. The molecule has 0 aromatic rings. The van der Waals surface area contributed by atoms with Crippen LogP contribution in [-0.4, -0.2) is 44.1 Å². The van der Waals surface area contributed by atoms with Crippen molar-refractivity contribution in [3.8, 4) is 0 Å². The third kappa shape index (κ3) is 5.32. The molecule has 0 radical (unpaired) electrons. The molecule has 3 unspecified atom stereocenters. The molecule has 30 heavy (non-hydrogen) atoms. The highest BCUT2D eigenvalue weighted by molar-refractivity contribution is 8.00. The monoisotopic (exact) mass is 432 g/mol. The van der Waals surface area contributed by atoms with Gasteiger partial charge < -0.3 is 15.3 Å². The highest BCUT2D eigenvalue weighted by atomic mass is 32.2. The molecule has 2 fully saturated rings. The molecule has 0 spiro atoms. The minimum atomic E-state index is -0.628. The SMILES string of the molecule is C=C1C(=CC=C2CCC[C@]3(C)C(C(C)SCCC(C)(C)O)=CC[C@@H]23)CC(O)CC1O. The molecule has 0 saturated heterocycles. The molecule has 168 valence electrons. The van der Waals surface area contributed by atoms with Crippen LogP contribution >= 0.6 is 11.8 Å². The summed E-state index contributed by atoms with van der Waals surface area (Å²) in [6.45, 7) is 12.6. The molecule has 0 amide bonds. The third-order valence-corrected chi connectivity index (χ3v) is 8.59. The zero-order valence-corrected chi connectivity index (χ0v) is 20.0. The summed E-state index contributed by atoms with van der Waals surface area (Å²) >= 11 is 1.97. The molecule has 2 saturated carbocycles. The van der Waals surface area contributed by atoms with Gasteiger partial charge in [-0.15, -0.1) is 0 Å². The fraction of sp³-hybridized carbons (Fsp3) is 0.692. The zero-order chi connectivity index (χ0) is 22.1. The summed E-state index contributed by atoms with van der Waals surface area (Å²) in [7, 11) is 0. The molecule has 0 heterocycles. The van der Waals surface area contributed by atoms with Crippen LogP contribution in [-0.2, 0) is 0 Å². The molecule has 3 rings (SSSR count). The first-order valence-electron chi connectivity index (χ1n) is 11.5. The second-order valence-electron chi connectivity index (χ2n) is 10.4. The molecule has 0 aromatic heterocycles. The molecule has 3 aliphatic rings. The van der Waals surface area contributed by atoms with Crippen LogP contribution in [0.1, 0.15) is 72.6 Å². The Labute approximate surface area is 187 Å². The van der Waals surface area contributed by atoms with Crippen molar-refractivity contribution in [1.29, 1.82) is 0 Å². The van der Waals surface area contributed by atoms with Crippen molar-refractivity contribution >= 4 is 11.8 Å². The molecule has 0 aliphatic heterocycles. The maximum Gasteiger partial charge on any atom is 0.0811 e. The van der Waals surface area contributed by atoms with Crippen molar-refractivity contribution in [2.75, 3.05) is 5.75 Å². The molecule has 3 aliphatic carbocycles. The smallest absolute Gasteiger partial charge is 0.0811 e. The van der Waals surface area contributed by atoms with E-state index in [1.165, 1.54) is 18.4 Å². The number of rotatable bonds is 6. The minimum Gasteiger partial charge on any atom is -0.393 e. The van der Waals surface area contributed by atoms with Crippen molar-refractivity contribution in [3.63, 3.8) is 0 Å². The van der Waals surface area contributed by atoms with Crippen LogP contribution < -0.4 is 0 Å². The lowest BCUT2D eigenvalue weighted by Crippen LogP contribution is -2.33. The highest BCUT2D eigenvalue weighted by Crippen LogP contribution is 2.56. The van der Waals surface area contributed by atoms with Gasteiger partial charge in [0.1, 0.15) is 0 Å². The van der Waals surface area contributed by atoms with Gasteiger partial charge in [0, 0.05) is 11.7 Å². The normalized spacial score (nSPS) is 36.2. The first kappa shape index (κ1) is 23.8. The van der Waals surface area contributed by atoms with Gasteiger partial charge in [-0.05, 0) is 87.5 Å². The van der Waals surface area contributed by atoms with E-state index >= 15 is 0 Å². The Morgan fingerprint density at radius 2 is 2.07 bits per heavy atom. The van der Waals surface area contributed by atoms with Crippen LogP contribution in [0.4, 0.5) is 0 Å². The van der Waals surface area contributed by atoms with Crippen LogP contribution in [0.25, 0.3) is 0 Å². The summed E-state index contributed by atoms with van der Waals surface area (Å²) in [5.74, 6) is 1.52. The summed E-state index contributed by atoms with van der Waals surface area (Å²) in [5, 5.41) is 30.6. The summed E-state index contributed by atoms with van der Waals surface area (Å²) in [6, 6.07) is 0. The van der Waals surface area contributed by atoms with E-state index in [9.17, 15) is 15.3 Å². The fourth-order valence-corrected chi connectivity index (χ4v) is 7.04. The van der Waals surface area contributed by atoms with Gasteiger partial charge >= 0.3 is 0 Å². The Hall–Kier alpha value is -0.810. The predicted molar refractivity (Wildman–Crippen MR) is 128 cm³/mol. The van der Waals surface area contributed by atoms with E-state index in [1.54, 1.807) is 5.57 Å². The van der Waals surface area contributed by atoms with Gasteiger partial charge in [-0.1, -0.05) is 42.9 Å². The molecular formula is C26H40O3S.